The second kappa shape index (κ2) is 4.94. The third-order valence-corrected chi connectivity index (χ3v) is 3.75. The summed E-state index contributed by atoms with van der Waals surface area (Å²) in [4.78, 5) is 30.8. The van der Waals surface area contributed by atoms with Crippen LogP contribution in [0.2, 0.25) is 0 Å². The van der Waals surface area contributed by atoms with Crippen LogP contribution < -0.4 is 11.3 Å². The minimum atomic E-state index is -2.64. The van der Waals surface area contributed by atoms with Crippen molar-refractivity contribution in [2.24, 2.45) is 5.41 Å². The van der Waals surface area contributed by atoms with Gasteiger partial charge in [0.25, 0.3) is 5.56 Å². The first kappa shape index (κ1) is 13.7. The predicted octanol–water partition coefficient (Wildman–Crippen LogP) is 0.662. The van der Waals surface area contributed by atoms with Crippen molar-refractivity contribution in [3.63, 3.8) is 0 Å². The summed E-state index contributed by atoms with van der Waals surface area (Å²) in [6, 6.07) is 0. The maximum Gasteiger partial charge on any atom is 0.746 e. The standard InChI is InChI=1S/C11H12N5O4P/c12-10-14-8-7(9(17)15-10)13-6-16(8)5-11(1-2-11)3-4-20-21(18)19/h3-4,6H,1-2,5H2,(H3-,12,14,15,17,18,19)/p+1. The van der Waals surface area contributed by atoms with Gasteiger partial charge in [-0.15, -0.1) is 4.89 Å². The number of anilines is 1. The van der Waals surface area contributed by atoms with E-state index in [2.05, 4.69) is 19.5 Å². The molecule has 0 saturated heterocycles. The van der Waals surface area contributed by atoms with Crippen LogP contribution in [-0.2, 0) is 15.6 Å². The lowest BCUT2D eigenvalue weighted by Crippen LogP contribution is -2.14. The quantitative estimate of drug-likeness (QED) is 0.545. The van der Waals surface area contributed by atoms with Crippen LogP contribution in [0.5, 0.6) is 0 Å². The highest BCUT2D eigenvalue weighted by atomic mass is 31.1. The number of nitrogen functional groups attached to an aromatic ring is 1. The first-order valence-electron chi connectivity index (χ1n) is 6.20. The average molecular weight is 310 g/mol. The van der Waals surface area contributed by atoms with Crippen LogP contribution in [0.25, 0.3) is 11.2 Å². The van der Waals surface area contributed by atoms with E-state index >= 15 is 0 Å². The number of nitrogens with one attached hydrogen (secondary N) is 1. The number of fused-ring (bicyclic) bond motifs is 1. The molecule has 2 aromatic rings. The monoisotopic (exact) mass is 310 g/mol. The number of aromatic nitrogens is 4. The number of allylic oxidation sites excluding steroid dienone is 1. The van der Waals surface area contributed by atoms with E-state index < -0.39 is 8.25 Å². The highest BCUT2D eigenvalue weighted by Crippen LogP contribution is 2.49. The lowest BCUT2D eigenvalue weighted by Gasteiger charge is -2.10. The van der Waals surface area contributed by atoms with Gasteiger partial charge in [0.05, 0.1) is 6.33 Å². The van der Waals surface area contributed by atoms with E-state index in [4.69, 9.17) is 10.6 Å². The number of nitrogens with two attached hydrogens (primary N) is 1. The maximum absolute atomic E-state index is 11.7. The number of nitrogens with zero attached hydrogens (tertiary/aromatic N) is 3. The van der Waals surface area contributed by atoms with Crippen LogP contribution in [-0.4, -0.2) is 24.4 Å². The van der Waals surface area contributed by atoms with E-state index in [0.29, 0.717) is 12.2 Å². The van der Waals surface area contributed by atoms with Gasteiger partial charge in [0.15, 0.2) is 17.4 Å². The third-order valence-electron chi connectivity index (χ3n) is 3.44. The molecule has 2 heterocycles. The van der Waals surface area contributed by atoms with Gasteiger partial charge in [0.1, 0.15) is 0 Å². The highest BCUT2D eigenvalue weighted by molar-refractivity contribution is 7.32. The van der Waals surface area contributed by atoms with Crippen molar-refractivity contribution in [2.75, 3.05) is 5.73 Å². The zero-order valence-electron chi connectivity index (χ0n) is 10.9. The molecule has 10 heteroatoms. The molecule has 0 amide bonds. The molecule has 0 aliphatic heterocycles. The number of rotatable bonds is 5. The molecule has 9 nitrogen and oxygen atoms in total. The Balaban J connectivity index is 1.87. The molecule has 4 N–H and O–H groups in total. The first-order valence-corrected chi connectivity index (χ1v) is 7.33. The van der Waals surface area contributed by atoms with Crippen molar-refractivity contribution in [1.82, 2.24) is 19.5 Å². The fourth-order valence-electron chi connectivity index (χ4n) is 2.19. The van der Waals surface area contributed by atoms with Crippen molar-refractivity contribution >= 4 is 25.4 Å². The van der Waals surface area contributed by atoms with Crippen LogP contribution in [0.1, 0.15) is 12.8 Å². The van der Waals surface area contributed by atoms with Gasteiger partial charge < -0.3 is 10.3 Å². The fourth-order valence-corrected chi connectivity index (χ4v) is 2.36. The van der Waals surface area contributed by atoms with E-state index in [-0.39, 0.29) is 22.4 Å². The van der Waals surface area contributed by atoms with Gasteiger partial charge in [-0.05, 0) is 18.9 Å². The lowest BCUT2D eigenvalue weighted by molar-refractivity contribution is 0.373. The number of hydrogen-bond donors (Lipinski definition) is 3. The smallest absolute Gasteiger partial charge is 0.369 e. The number of H-pyrrole nitrogens is 1. The number of aromatic amines is 1. The molecule has 110 valence electrons. The van der Waals surface area contributed by atoms with Crippen LogP contribution in [0, 0.1) is 5.41 Å². The lowest BCUT2D eigenvalue weighted by atomic mass is 10.1. The second-order valence-corrected chi connectivity index (χ2v) is 5.69. The van der Waals surface area contributed by atoms with E-state index in [9.17, 15) is 9.36 Å². The molecule has 1 saturated carbocycles. The van der Waals surface area contributed by atoms with Crippen molar-refractivity contribution in [3.8, 4) is 0 Å². The fraction of sp³-hybridized carbons (Fsp3) is 0.364. The minimum absolute atomic E-state index is 0.0373. The molecule has 0 radical (unpaired) electrons. The molecule has 0 aromatic carbocycles. The summed E-state index contributed by atoms with van der Waals surface area (Å²) in [5.41, 5.74) is 5.65. The van der Waals surface area contributed by atoms with Crippen molar-refractivity contribution in [3.05, 3.63) is 29.0 Å². The summed E-state index contributed by atoms with van der Waals surface area (Å²) >= 11 is 0. The Morgan fingerprint density at radius 1 is 1.62 bits per heavy atom. The third kappa shape index (κ3) is 2.79. The molecule has 21 heavy (non-hydrogen) atoms. The topological polar surface area (TPSA) is 136 Å². The van der Waals surface area contributed by atoms with Crippen LogP contribution >= 0.6 is 8.25 Å². The zero-order chi connectivity index (χ0) is 15.0. The van der Waals surface area contributed by atoms with Crippen molar-refractivity contribution < 1.29 is 14.0 Å². The molecule has 1 unspecified atom stereocenters. The van der Waals surface area contributed by atoms with E-state index in [1.807, 2.05) is 0 Å². The Morgan fingerprint density at radius 2 is 2.38 bits per heavy atom. The van der Waals surface area contributed by atoms with Gasteiger partial charge in [0.2, 0.25) is 5.95 Å². The number of hydrogen-bond acceptors (Lipinski definition) is 6. The van der Waals surface area contributed by atoms with Gasteiger partial charge in [-0.3, -0.25) is 9.78 Å². The van der Waals surface area contributed by atoms with E-state index in [1.165, 1.54) is 12.6 Å². The molecule has 2 aromatic heterocycles. The Morgan fingerprint density at radius 3 is 3.05 bits per heavy atom. The molecular weight excluding hydrogens is 297 g/mol. The first-order chi connectivity index (χ1) is 9.99. The summed E-state index contributed by atoms with van der Waals surface area (Å²) in [5.74, 6) is 0.0373. The summed E-state index contributed by atoms with van der Waals surface area (Å²) in [6.45, 7) is 0.543. The number of imidazole rings is 1. The van der Waals surface area contributed by atoms with Crippen LogP contribution in [0.15, 0.2) is 23.5 Å². The Bertz CT molecular complexity index is 791. The van der Waals surface area contributed by atoms with Gasteiger partial charge >= 0.3 is 8.25 Å². The molecule has 1 fully saturated rings. The largest absolute Gasteiger partial charge is 0.746 e. The highest BCUT2D eigenvalue weighted by Gasteiger charge is 2.41. The normalized spacial score (nSPS) is 17.3. The van der Waals surface area contributed by atoms with E-state index in [1.54, 1.807) is 10.6 Å². The van der Waals surface area contributed by atoms with Gasteiger partial charge in [-0.25, -0.2) is 9.51 Å². The molecule has 1 aliphatic carbocycles. The molecular formula is C11H13N5O4P+. The summed E-state index contributed by atoms with van der Waals surface area (Å²) in [6.07, 6.45) is 6.34. The molecule has 0 spiro atoms. The Labute approximate surface area is 119 Å². The summed E-state index contributed by atoms with van der Waals surface area (Å²) in [7, 11) is -2.64. The maximum atomic E-state index is 11.7. The molecule has 1 aliphatic rings. The molecule has 0 bridgehead atoms. The summed E-state index contributed by atoms with van der Waals surface area (Å²) < 4.78 is 16.7. The van der Waals surface area contributed by atoms with Crippen LogP contribution in [0.4, 0.5) is 5.95 Å². The summed E-state index contributed by atoms with van der Waals surface area (Å²) in [5, 5.41) is 0. The van der Waals surface area contributed by atoms with Crippen LogP contribution in [0.3, 0.4) is 0 Å². The Kier molecular flexibility index (Phi) is 3.23. The average Bonchev–Trinajstić information content (AvgIpc) is 3.03. The SMILES string of the molecule is Nc1nc2c(ncn2CC2(C=CO[P+](=O)O)CC2)c(=O)[nH]1. The molecule has 3 rings (SSSR count). The zero-order valence-corrected chi connectivity index (χ0v) is 11.8. The Hall–Kier alpha value is -2.25. The van der Waals surface area contributed by atoms with Gasteiger partial charge in [0, 0.05) is 16.5 Å². The van der Waals surface area contributed by atoms with Gasteiger partial charge in [-0.2, -0.15) is 4.98 Å². The predicted molar refractivity (Wildman–Crippen MR) is 74.3 cm³/mol. The van der Waals surface area contributed by atoms with Crippen molar-refractivity contribution in [2.45, 2.75) is 19.4 Å². The molecule has 1 atom stereocenters. The van der Waals surface area contributed by atoms with Gasteiger partial charge in [-0.1, -0.05) is 0 Å². The minimum Gasteiger partial charge on any atom is -0.369 e. The second-order valence-electron chi connectivity index (χ2n) is 5.00. The van der Waals surface area contributed by atoms with E-state index in [0.717, 1.165) is 12.8 Å². The van der Waals surface area contributed by atoms with Crippen molar-refractivity contribution in [1.29, 1.82) is 0 Å².